The number of carbonyl (C=O) groups is 1. The van der Waals surface area contributed by atoms with Crippen LogP contribution in [0, 0.1) is 5.82 Å². The second-order valence-corrected chi connectivity index (χ2v) is 10.1. The Labute approximate surface area is 193 Å². The van der Waals surface area contributed by atoms with Gasteiger partial charge in [-0.15, -0.1) is 0 Å². The lowest BCUT2D eigenvalue weighted by Gasteiger charge is -2.42. The lowest BCUT2D eigenvalue weighted by Crippen LogP contribution is -2.50. The Morgan fingerprint density at radius 1 is 1.09 bits per heavy atom. The van der Waals surface area contributed by atoms with E-state index < -0.39 is 17.0 Å². The van der Waals surface area contributed by atoms with Gasteiger partial charge in [0.25, 0.3) is 0 Å². The maximum atomic E-state index is 14.7. The van der Waals surface area contributed by atoms with Crippen LogP contribution >= 0.6 is 11.6 Å². The number of rotatable bonds is 5. The monoisotopic (exact) mass is 454 g/mol. The number of hydrogen-bond donors (Lipinski definition) is 0. The number of carbonyl (C=O) groups excluding carboxylic acids is 1. The summed E-state index contributed by atoms with van der Waals surface area (Å²) in [5.74, 6) is 0.701. The summed E-state index contributed by atoms with van der Waals surface area (Å²) in [6, 6.07) is 10.4. The lowest BCUT2D eigenvalue weighted by atomic mass is 9.80. The predicted molar refractivity (Wildman–Crippen MR) is 126 cm³/mol. The average molecular weight is 455 g/mol. The van der Waals surface area contributed by atoms with Gasteiger partial charge in [-0.3, -0.25) is 4.79 Å². The van der Waals surface area contributed by atoms with Crippen molar-refractivity contribution < 1.29 is 18.7 Å². The van der Waals surface area contributed by atoms with E-state index in [0.717, 1.165) is 24.0 Å². The van der Waals surface area contributed by atoms with Gasteiger partial charge < -0.3 is 9.47 Å². The van der Waals surface area contributed by atoms with E-state index in [1.165, 1.54) is 6.07 Å². The van der Waals surface area contributed by atoms with E-state index in [4.69, 9.17) is 21.1 Å². The Bertz CT molecular complexity index is 1160. The van der Waals surface area contributed by atoms with Crippen molar-refractivity contribution in [3.63, 3.8) is 0 Å². The Morgan fingerprint density at radius 3 is 2.38 bits per heavy atom. The van der Waals surface area contributed by atoms with Gasteiger partial charge in [-0.05, 0) is 94.3 Å². The molecule has 3 nitrogen and oxygen atoms in total. The van der Waals surface area contributed by atoms with Crippen LogP contribution in [0.4, 0.5) is 4.39 Å². The molecule has 1 aliphatic heterocycles. The second-order valence-electron chi connectivity index (χ2n) is 9.66. The highest BCUT2D eigenvalue weighted by molar-refractivity contribution is 6.30. The minimum Gasteiger partial charge on any atom is -0.463 e. The molecule has 32 heavy (non-hydrogen) atoms. The van der Waals surface area contributed by atoms with E-state index in [9.17, 15) is 9.18 Å². The topological polar surface area (TPSA) is 35.5 Å². The zero-order valence-corrected chi connectivity index (χ0v) is 19.9. The largest absolute Gasteiger partial charge is 0.463 e. The Morgan fingerprint density at radius 2 is 1.78 bits per heavy atom. The molecule has 168 valence electrons. The number of ketones is 1. The molecule has 0 aromatic heterocycles. The van der Waals surface area contributed by atoms with Crippen LogP contribution in [0.1, 0.15) is 64.5 Å². The molecule has 0 radical (unpaired) electrons. The third-order valence-electron chi connectivity index (χ3n) is 5.92. The van der Waals surface area contributed by atoms with Gasteiger partial charge in [0.1, 0.15) is 22.8 Å². The summed E-state index contributed by atoms with van der Waals surface area (Å²) >= 11 is 5.95. The van der Waals surface area contributed by atoms with Crippen LogP contribution in [0.5, 0.6) is 0 Å². The first-order valence-electron chi connectivity index (χ1n) is 10.8. The molecule has 0 unspecified atom stereocenters. The van der Waals surface area contributed by atoms with Crippen LogP contribution in [0.15, 0.2) is 54.5 Å². The maximum absolute atomic E-state index is 14.7. The van der Waals surface area contributed by atoms with Gasteiger partial charge in [-0.1, -0.05) is 30.3 Å². The van der Waals surface area contributed by atoms with Gasteiger partial charge in [0, 0.05) is 10.6 Å². The molecule has 0 spiro atoms. The van der Waals surface area contributed by atoms with E-state index in [2.05, 4.69) is 6.58 Å². The Hall–Kier alpha value is -2.43. The van der Waals surface area contributed by atoms with Crippen LogP contribution in [-0.2, 0) is 14.3 Å². The van der Waals surface area contributed by atoms with Crippen LogP contribution in [0.25, 0.3) is 16.7 Å². The van der Waals surface area contributed by atoms with Crippen LogP contribution in [0.2, 0.25) is 5.02 Å². The lowest BCUT2D eigenvalue weighted by molar-refractivity contribution is -0.158. The van der Waals surface area contributed by atoms with Crippen molar-refractivity contribution in [1.82, 2.24) is 0 Å². The molecule has 1 fully saturated rings. The summed E-state index contributed by atoms with van der Waals surface area (Å²) in [4.78, 5) is 13.7. The summed E-state index contributed by atoms with van der Waals surface area (Å²) in [6.07, 6.45) is 2.12. The molecule has 2 aromatic rings. The Kier molecular flexibility index (Phi) is 5.59. The van der Waals surface area contributed by atoms with Crippen LogP contribution < -0.4 is 0 Å². The molecule has 0 saturated heterocycles. The summed E-state index contributed by atoms with van der Waals surface area (Å²) in [6.45, 7) is 12.9. The van der Waals surface area contributed by atoms with Gasteiger partial charge in [0.05, 0.1) is 11.3 Å². The average Bonchev–Trinajstić information content (AvgIpc) is 3.50. The van der Waals surface area contributed by atoms with E-state index in [0.29, 0.717) is 39.2 Å². The highest BCUT2D eigenvalue weighted by Gasteiger charge is 2.49. The molecule has 4 rings (SSSR count). The van der Waals surface area contributed by atoms with Crippen molar-refractivity contribution in [2.45, 2.75) is 64.6 Å². The molecular weight excluding hydrogens is 427 g/mol. The van der Waals surface area contributed by atoms with Crippen molar-refractivity contribution in [1.29, 1.82) is 0 Å². The van der Waals surface area contributed by atoms with Crippen molar-refractivity contribution in [3.8, 4) is 11.1 Å². The number of halogens is 2. The number of Topliss-reactive ketones (excluding diaryl/α,β-unsaturated/α-hetero) is 1. The predicted octanol–water partition coefficient (Wildman–Crippen LogP) is 7.44. The standard InChI is InChI=1S/C27H28ClFO3/c1-15(2)31-25-23(24(30)26(3,4)32-27(25,5)6)21-13-17(9-11-19(21)16-7-8-16)20-12-10-18(28)14-22(20)29/h9-14,16H,1,7-8H2,2-6H3. The Balaban J connectivity index is 2.00. The molecule has 1 heterocycles. The van der Waals surface area contributed by atoms with Gasteiger partial charge >= 0.3 is 0 Å². The number of ether oxygens (including phenoxy) is 2. The number of benzene rings is 2. The third kappa shape index (κ3) is 4.14. The van der Waals surface area contributed by atoms with Crippen molar-refractivity contribution in [2.75, 3.05) is 0 Å². The number of allylic oxidation sites excluding steroid dienone is 1. The molecule has 2 aromatic carbocycles. The molecule has 0 atom stereocenters. The summed E-state index contributed by atoms with van der Waals surface area (Å²) in [5, 5.41) is 0.337. The zero-order valence-electron chi connectivity index (χ0n) is 19.1. The molecule has 1 saturated carbocycles. The van der Waals surface area contributed by atoms with Crippen molar-refractivity contribution in [3.05, 3.63) is 76.5 Å². The SMILES string of the molecule is C=C(C)OC1=C(c2cc(-c3ccc(Cl)cc3F)ccc2C2CC2)C(=O)C(C)(C)OC1(C)C. The van der Waals surface area contributed by atoms with Crippen LogP contribution in [0.3, 0.4) is 0 Å². The minimum atomic E-state index is -1.04. The fourth-order valence-electron chi connectivity index (χ4n) is 4.44. The molecule has 5 heteroatoms. The highest BCUT2D eigenvalue weighted by atomic mass is 35.5. The summed E-state index contributed by atoms with van der Waals surface area (Å²) in [7, 11) is 0. The minimum absolute atomic E-state index is 0.163. The normalized spacial score (nSPS) is 19.8. The van der Waals surface area contributed by atoms with Crippen LogP contribution in [-0.4, -0.2) is 17.0 Å². The van der Waals surface area contributed by atoms with Crippen molar-refractivity contribution in [2.24, 2.45) is 0 Å². The van der Waals surface area contributed by atoms with Gasteiger partial charge in [-0.25, -0.2) is 4.39 Å². The van der Waals surface area contributed by atoms with E-state index in [-0.39, 0.29) is 5.78 Å². The number of hydrogen-bond acceptors (Lipinski definition) is 3. The maximum Gasteiger partial charge on any atom is 0.198 e. The molecule has 2 aliphatic rings. The molecule has 0 amide bonds. The quantitative estimate of drug-likeness (QED) is 0.440. The fourth-order valence-corrected chi connectivity index (χ4v) is 4.60. The first-order chi connectivity index (χ1) is 14.9. The zero-order chi connectivity index (χ0) is 23.4. The summed E-state index contributed by atoms with van der Waals surface area (Å²) < 4.78 is 26.9. The smallest absolute Gasteiger partial charge is 0.198 e. The third-order valence-corrected chi connectivity index (χ3v) is 6.15. The van der Waals surface area contributed by atoms with E-state index in [1.54, 1.807) is 32.9 Å². The highest BCUT2D eigenvalue weighted by Crippen LogP contribution is 2.49. The van der Waals surface area contributed by atoms with E-state index in [1.807, 2.05) is 32.0 Å². The second kappa shape index (κ2) is 7.86. The molecular formula is C27H28ClFO3. The fraction of sp³-hybridized carbons (Fsp3) is 0.370. The first kappa shape index (κ1) is 22.8. The van der Waals surface area contributed by atoms with Gasteiger partial charge in [0.2, 0.25) is 0 Å². The van der Waals surface area contributed by atoms with Gasteiger partial charge in [0.15, 0.2) is 5.78 Å². The van der Waals surface area contributed by atoms with Crippen molar-refractivity contribution >= 4 is 23.0 Å². The molecule has 1 aliphatic carbocycles. The molecule has 0 bridgehead atoms. The van der Waals surface area contributed by atoms with E-state index >= 15 is 0 Å². The molecule has 0 N–H and O–H groups in total. The van der Waals surface area contributed by atoms with Gasteiger partial charge in [-0.2, -0.15) is 0 Å². The first-order valence-corrected chi connectivity index (χ1v) is 11.2. The summed E-state index contributed by atoms with van der Waals surface area (Å²) in [5.41, 5.74) is 1.53.